The van der Waals surface area contributed by atoms with Crippen molar-refractivity contribution >= 4 is 35.6 Å². The molecule has 0 heterocycles. The average Bonchev–Trinajstić information content (AvgIpc) is 2.66. The third-order valence-electron chi connectivity index (χ3n) is 3.57. The van der Waals surface area contributed by atoms with Gasteiger partial charge in [0.05, 0.1) is 27.9 Å². The molecule has 0 atom stereocenters. The Bertz CT molecular complexity index is 706. The molecule has 0 amide bonds. The molecule has 0 spiro atoms. The van der Waals surface area contributed by atoms with Gasteiger partial charge in [0.2, 0.25) is 0 Å². The lowest BCUT2D eigenvalue weighted by molar-refractivity contribution is 0.355. The molecule has 0 aliphatic rings. The van der Waals surface area contributed by atoms with Crippen molar-refractivity contribution in [3.63, 3.8) is 0 Å². The summed E-state index contributed by atoms with van der Waals surface area (Å²) in [6.07, 6.45) is 0. The fourth-order valence-electron chi connectivity index (χ4n) is 2.26. The van der Waals surface area contributed by atoms with Gasteiger partial charge < -0.3 is 24.8 Å². The molecular weight excluding hydrogens is 445 g/mol. The monoisotopic (exact) mass is 471 g/mol. The number of rotatable bonds is 7. The zero-order valence-electron chi connectivity index (χ0n) is 15.5. The third-order valence-corrected chi connectivity index (χ3v) is 3.57. The molecule has 0 aliphatic carbocycles. The molecule has 2 aromatic carbocycles. The molecule has 2 rings (SSSR count). The zero-order chi connectivity index (χ0) is 18.1. The maximum Gasteiger partial charge on any atom is 0.196 e. The first kappa shape index (κ1) is 21.9. The van der Waals surface area contributed by atoms with Crippen LogP contribution in [0.1, 0.15) is 12.5 Å². The molecule has 0 aliphatic heterocycles. The molecule has 2 N–H and O–H groups in total. The Morgan fingerprint density at radius 3 is 2.19 bits per heavy atom. The zero-order valence-corrected chi connectivity index (χ0v) is 17.9. The Hall–Kier alpha value is -2.16. The molecule has 142 valence electrons. The molecule has 0 fully saturated rings. The van der Waals surface area contributed by atoms with Crippen LogP contribution in [0.2, 0.25) is 0 Å². The smallest absolute Gasteiger partial charge is 0.196 e. The van der Waals surface area contributed by atoms with Gasteiger partial charge in [0, 0.05) is 18.3 Å². The van der Waals surface area contributed by atoms with E-state index >= 15 is 0 Å². The molecule has 0 saturated carbocycles. The maximum absolute atomic E-state index is 5.33. The number of nitrogens with zero attached hydrogens (tertiary/aromatic N) is 1. The number of halogens is 1. The van der Waals surface area contributed by atoms with Gasteiger partial charge in [-0.3, -0.25) is 0 Å². The molecule has 0 bridgehead atoms. The Morgan fingerprint density at radius 1 is 0.923 bits per heavy atom. The first-order valence-corrected chi connectivity index (χ1v) is 8.10. The van der Waals surface area contributed by atoms with Crippen LogP contribution in [0.25, 0.3) is 0 Å². The van der Waals surface area contributed by atoms with E-state index in [4.69, 9.17) is 14.2 Å². The second kappa shape index (κ2) is 11.5. The molecule has 6 nitrogen and oxygen atoms in total. The highest BCUT2D eigenvalue weighted by Crippen LogP contribution is 2.29. The van der Waals surface area contributed by atoms with Crippen molar-refractivity contribution < 1.29 is 14.2 Å². The van der Waals surface area contributed by atoms with Gasteiger partial charge in [0.25, 0.3) is 0 Å². The van der Waals surface area contributed by atoms with Crippen LogP contribution in [0, 0.1) is 0 Å². The number of hydrogen-bond donors (Lipinski definition) is 2. The summed E-state index contributed by atoms with van der Waals surface area (Å²) in [5.74, 6) is 2.89. The number of aliphatic imine (C=N–C) groups is 1. The van der Waals surface area contributed by atoms with Crippen LogP contribution in [-0.2, 0) is 6.54 Å². The van der Waals surface area contributed by atoms with Gasteiger partial charge in [-0.15, -0.1) is 24.0 Å². The Balaban J connectivity index is 0.00000338. The van der Waals surface area contributed by atoms with Crippen molar-refractivity contribution in [2.45, 2.75) is 13.5 Å². The number of guanidine groups is 1. The van der Waals surface area contributed by atoms with E-state index in [9.17, 15) is 0 Å². The summed E-state index contributed by atoms with van der Waals surface area (Å²) in [5, 5.41) is 6.51. The van der Waals surface area contributed by atoms with E-state index < -0.39 is 0 Å². The quantitative estimate of drug-likeness (QED) is 0.364. The SMILES string of the molecule is CCNC(=NCc1ccc(OC)cc1)Nc1ccc(OC)c(OC)c1.I. The summed E-state index contributed by atoms with van der Waals surface area (Å²) < 4.78 is 15.8. The lowest BCUT2D eigenvalue weighted by Gasteiger charge is -2.14. The number of nitrogens with one attached hydrogen (secondary N) is 2. The summed E-state index contributed by atoms with van der Waals surface area (Å²) in [7, 11) is 4.89. The summed E-state index contributed by atoms with van der Waals surface area (Å²) in [5.41, 5.74) is 1.97. The molecule has 7 heteroatoms. The summed E-state index contributed by atoms with van der Waals surface area (Å²) >= 11 is 0. The van der Waals surface area contributed by atoms with Crippen LogP contribution in [0.4, 0.5) is 5.69 Å². The lowest BCUT2D eigenvalue weighted by atomic mass is 10.2. The predicted octanol–water partition coefficient (Wildman–Crippen LogP) is 3.91. The number of anilines is 1. The first-order chi connectivity index (χ1) is 12.2. The topological polar surface area (TPSA) is 64.1 Å². The largest absolute Gasteiger partial charge is 0.497 e. The van der Waals surface area contributed by atoms with Gasteiger partial charge >= 0.3 is 0 Å². The highest BCUT2D eigenvalue weighted by molar-refractivity contribution is 14.0. The average molecular weight is 471 g/mol. The van der Waals surface area contributed by atoms with E-state index in [2.05, 4.69) is 15.6 Å². The predicted molar refractivity (Wildman–Crippen MR) is 116 cm³/mol. The minimum Gasteiger partial charge on any atom is -0.497 e. The van der Waals surface area contributed by atoms with Crippen LogP contribution in [0.3, 0.4) is 0 Å². The van der Waals surface area contributed by atoms with Crippen molar-refractivity contribution in [2.24, 2.45) is 4.99 Å². The van der Waals surface area contributed by atoms with E-state index in [0.717, 1.165) is 23.5 Å². The number of ether oxygens (including phenoxy) is 3. The van der Waals surface area contributed by atoms with Gasteiger partial charge in [-0.25, -0.2) is 4.99 Å². The second-order valence-corrected chi connectivity index (χ2v) is 5.24. The van der Waals surface area contributed by atoms with Gasteiger partial charge in [-0.1, -0.05) is 12.1 Å². The summed E-state index contributed by atoms with van der Waals surface area (Å²) in [4.78, 5) is 4.61. The third kappa shape index (κ3) is 6.29. The number of benzene rings is 2. The maximum atomic E-state index is 5.33. The van der Waals surface area contributed by atoms with Crippen LogP contribution >= 0.6 is 24.0 Å². The number of hydrogen-bond acceptors (Lipinski definition) is 4. The fraction of sp³-hybridized carbons (Fsp3) is 0.316. The Kier molecular flexibility index (Phi) is 9.64. The van der Waals surface area contributed by atoms with Crippen molar-refractivity contribution in [3.8, 4) is 17.2 Å². The summed E-state index contributed by atoms with van der Waals surface area (Å²) in [6, 6.07) is 13.5. The molecule has 0 saturated heterocycles. The van der Waals surface area contributed by atoms with Gasteiger partial charge in [-0.05, 0) is 36.8 Å². The van der Waals surface area contributed by atoms with Crippen LogP contribution in [-0.4, -0.2) is 33.8 Å². The van der Waals surface area contributed by atoms with Gasteiger partial charge in [0.15, 0.2) is 17.5 Å². The fourth-order valence-corrected chi connectivity index (χ4v) is 2.26. The van der Waals surface area contributed by atoms with Crippen LogP contribution in [0.15, 0.2) is 47.5 Å². The summed E-state index contributed by atoms with van der Waals surface area (Å²) in [6.45, 7) is 3.35. The normalized spacial score (nSPS) is 10.5. The minimum absolute atomic E-state index is 0. The molecule has 0 radical (unpaired) electrons. The van der Waals surface area contributed by atoms with E-state index in [1.54, 1.807) is 21.3 Å². The van der Waals surface area contributed by atoms with Gasteiger partial charge in [0.1, 0.15) is 5.75 Å². The highest BCUT2D eigenvalue weighted by atomic mass is 127. The minimum atomic E-state index is 0. The standard InChI is InChI=1S/C19H25N3O3.HI/c1-5-20-19(21-13-14-6-9-16(23-2)10-7-14)22-15-8-11-17(24-3)18(12-15)25-4;/h6-12H,5,13H2,1-4H3,(H2,20,21,22);1H. The lowest BCUT2D eigenvalue weighted by Crippen LogP contribution is -2.30. The van der Waals surface area contributed by atoms with Gasteiger partial charge in [-0.2, -0.15) is 0 Å². The second-order valence-electron chi connectivity index (χ2n) is 5.24. The molecule has 0 aromatic heterocycles. The van der Waals surface area contributed by atoms with Crippen LogP contribution < -0.4 is 24.8 Å². The van der Waals surface area contributed by atoms with Crippen molar-refractivity contribution in [2.75, 3.05) is 33.2 Å². The van der Waals surface area contributed by atoms with E-state index in [0.29, 0.717) is 24.0 Å². The molecule has 26 heavy (non-hydrogen) atoms. The Labute approximate surface area is 172 Å². The van der Waals surface area contributed by atoms with Crippen molar-refractivity contribution in [1.29, 1.82) is 0 Å². The van der Waals surface area contributed by atoms with Crippen molar-refractivity contribution in [1.82, 2.24) is 5.32 Å². The first-order valence-electron chi connectivity index (χ1n) is 8.10. The van der Waals surface area contributed by atoms with Crippen LogP contribution in [0.5, 0.6) is 17.2 Å². The molecule has 0 unspecified atom stereocenters. The van der Waals surface area contributed by atoms with E-state index in [1.165, 1.54) is 0 Å². The van der Waals surface area contributed by atoms with Crippen molar-refractivity contribution in [3.05, 3.63) is 48.0 Å². The molecule has 2 aromatic rings. The highest BCUT2D eigenvalue weighted by Gasteiger charge is 2.06. The Morgan fingerprint density at radius 2 is 1.62 bits per heavy atom. The number of methoxy groups -OCH3 is 3. The molecular formula is C19H26IN3O3. The van der Waals surface area contributed by atoms with E-state index in [1.807, 2.05) is 49.4 Å². The van der Waals surface area contributed by atoms with E-state index in [-0.39, 0.29) is 24.0 Å².